The van der Waals surface area contributed by atoms with Gasteiger partial charge >= 0.3 is 0 Å². The van der Waals surface area contributed by atoms with Crippen LogP contribution in [0.1, 0.15) is 41.3 Å². The fourth-order valence-electron chi connectivity index (χ4n) is 4.16. The van der Waals surface area contributed by atoms with Crippen LogP contribution in [0.2, 0.25) is 0 Å². The highest BCUT2D eigenvalue weighted by molar-refractivity contribution is 7.18. The average Bonchev–Trinajstić information content (AvgIpc) is 3.22. The lowest BCUT2D eigenvalue weighted by molar-refractivity contribution is -0.540. The predicted octanol–water partition coefficient (Wildman–Crippen LogP) is 5.82. The number of hydrogen-bond acceptors (Lipinski definition) is 4. The molecule has 0 aliphatic heterocycles. The molecule has 1 aliphatic rings. The Kier molecular flexibility index (Phi) is 5.59. The standard InChI is InChI=1S/C26H24N4S/c1-2-17-30-18-27-25(23-21-15-9-10-16-22(21)31-26(23)30)29-28-24(19-11-5-3-6-12-19)20-13-7-4-8-14-20/h2-8,11-14,17-18H,9-10,15-16H2,1H3/p+1. The first kappa shape index (κ1) is 19.6. The molecular weight excluding hydrogens is 400 g/mol. The van der Waals surface area contributed by atoms with Crippen molar-refractivity contribution in [2.75, 3.05) is 5.43 Å². The molecule has 154 valence electrons. The Hall–Kier alpha value is -3.31. The normalized spacial score (nSPS) is 13.3. The fourth-order valence-corrected chi connectivity index (χ4v) is 5.51. The van der Waals surface area contributed by atoms with Gasteiger partial charge in [-0.1, -0.05) is 72.0 Å². The summed E-state index contributed by atoms with van der Waals surface area (Å²) in [7, 11) is 0. The minimum atomic E-state index is 0.833. The quantitative estimate of drug-likeness (QED) is 0.249. The maximum absolute atomic E-state index is 4.87. The van der Waals surface area contributed by atoms with Gasteiger partial charge in [-0.3, -0.25) is 0 Å². The van der Waals surface area contributed by atoms with E-state index in [1.807, 2.05) is 67.1 Å². The van der Waals surface area contributed by atoms with E-state index in [0.717, 1.165) is 35.5 Å². The summed E-state index contributed by atoms with van der Waals surface area (Å²) in [6.45, 7) is 2.04. The van der Waals surface area contributed by atoms with E-state index in [4.69, 9.17) is 10.1 Å². The van der Waals surface area contributed by atoms with Crippen LogP contribution >= 0.6 is 11.3 Å². The van der Waals surface area contributed by atoms with Gasteiger partial charge in [-0.25, -0.2) is 5.43 Å². The Balaban J connectivity index is 1.63. The number of rotatable bonds is 5. The molecule has 0 saturated heterocycles. The summed E-state index contributed by atoms with van der Waals surface area (Å²) in [4.78, 5) is 7.49. The van der Waals surface area contributed by atoms with E-state index in [1.165, 1.54) is 33.5 Å². The molecule has 1 aliphatic carbocycles. The van der Waals surface area contributed by atoms with Crippen LogP contribution in [0.4, 0.5) is 5.82 Å². The summed E-state index contributed by atoms with van der Waals surface area (Å²) in [5.74, 6) is 0.833. The molecule has 2 heterocycles. The maximum atomic E-state index is 4.87. The lowest BCUT2D eigenvalue weighted by Crippen LogP contribution is -2.26. The van der Waals surface area contributed by atoms with Gasteiger partial charge in [-0.15, -0.1) is 0 Å². The van der Waals surface area contributed by atoms with Gasteiger partial charge in [0.05, 0.1) is 11.9 Å². The Morgan fingerprint density at radius 1 is 1.00 bits per heavy atom. The summed E-state index contributed by atoms with van der Waals surface area (Å²) in [6, 6.07) is 20.6. The second-order valence-corrected chi connectivity index (χ2v) is 8.76. The Morgan fingerprint density at radius 2 is 1.68 bits per heavy atom. The summed E-state index contributed by atoms with van der Waals surface area (Å²) >= 11 is 1.89. The minimum absolute atomic E-state index is 0.833. The second kappa shape index (κ2) is 8.82. The van der Waals surface area contributed by atoms with E-state index < -0.39 is 0 Å². The van der Waals surface area contributed by atoms with Crippen LogP contribution < -0.4 is 9.99 Å². The largest absolute Gasteiger partial charge is 0.294 e. The molecule has 2 aromatic carbocycles. The zero-order chi connectivity index (χ0) is 21.0. The first-order valence-corrected chi connectivity index (χ1v) is 11.6. The SMILES string of the molecule is CC=C[n+]1cnc(NN=C(c2ccccc2)c2ccccc2)c2c3c(sc21)CCCC3. The lowest BCUT2D eigenvalue weighted by Gasteiger charge is -2.10. The van der Waals surface area contributed by atoms with Crippen LogP contribution in [-0.2, 0) is 12.8 Å². The Bertz CT molecular complexity index is 1220. The zero-order valence-electron chi connectivity index (χ0n) is 17.6. The van der Waals surface area contributed by atoms with Gasteiger partial charge in [0.25, 0.3) is 12.1 Å². The van der Waals surface area contributed by atoms with E-state index >= 15 is 0 Å². The smallest absolute Gasteiger partial charge is 0.239 e. The maximum Gasteiger partial charge on any atom is 0.294 e. The molecule has 0 fully saturated rings. The summed E-state index contributed by atoms with van der Waals surface area (Å²) < 4.78 is 2.13. The fraction of sp³-hybridized carbons (Fsp3) is 0.192. The van der Waals surface area contributed by atoms with Crippen molar-refractivity contribution in [3.8, 4) is 0 Å². The molecule has 0 amide bonds. The number of hydrogen-bond donors (Lipinski definition) is 1. The van der Waals surface area contributed by atoms with Gasteiger partial charge in [0.1, 0.15) is 5.39 Å². The van der Waals surface area contributed by atoms with E-state index in [1.54, 1.807) is 0 Å². The van der Waals surface area contributed by atoms with Gasteiger partial charge in [-0.2, -0.15) is 9.67 Å². The van der Waals surface area contributed by atoms with Crippen molar-refractivity contribution in [2.45, 2.75) is 32.6 Å². The number of benzene rings is 2. The van der Waals surface area contributed by atoms with Crippen LogP contribution in [0.15, 0.2) is 78.2 Å². The number of anilines is 1. The first-order chi connectivity index (χ1) is 15.3. The van der Waals surface area contributed by atoms with Crippen LogP contribution in [0, 0.1) is 0 Å². The lowest BCUT2D eigenvalue weighted by atomic mass is 9.97. The molecule has 0 unspecified atom stereocenters. The van der Waals surface area contributed by atoms with Crippen molar-refractivity contribution in [1.29, 1.82) is 0 Å². The second-order valence-electron chi connectivity index (χ2n) is 7.68. The van der Waals surface area contributed by atoms with Crippen molar-refractivity contribution in [3.63, 3.8) is 0 Å². The molecule has 0 radical (unpaired) electrons. The third-order valence-corrected chi connectivity index (χ3v) is 6.92. The Morgan fingerprint density at radius 3 is 2.35 bits per heavy atom. The van der Waals surface area contributed by atoms with Crippen LogP contribution in [0.25, 0.3) is 16.4 Å². The molecule has 0 atom stereocenters. The van der Waals surface area contributed by atoms with E-state index in [9.17, 15) is 0 Å². The molecule has 0 bridgehead atoms. The van der Waals surface area contributed by atoms with E-state index in [2.05, 4.69) is 40.5 Å². The number of nitrogens with one attached hydrogen (secondary N) is 1. The number of nitrogens with zero attached hydrogens (tertiary/aromatic N) is 3. The zero-order valence-corrected chi connectivity index (χ0v) is 18.4. The van der Waals surface area contributed by atoms with Crippen molar-refractivity contribution < 1.29 is 4.57 Å². The van der Waals surface area contributed by atoms with Crippen molar-refractivity contribution >= 4 is 39.3 Å². The van der Waals surface area contributed by atoms with Gasteiger partial charge in [0.15, 0.2) is 0 Å². The van der Waals surface area contributed by atoms with Crippen LogP contribution in [0.5, 0.6) is 0 Å². The first-order valence-electron chi connectivity index (χ1n) is 10.8. The predicted molar refractivity (Wildman–Crippen MR) is 130 cm³/mol. The number of fused-ring (bicyclic) bond motifs is 3. The molecule has 5 heteroatoms. The van der Waals surface area contributed by atoms with E-state index in [0.29, 0.717) is 0 Å². The summed E-state index contributed by atoms with van der Waals surface area (Å²) in [6.07, 6.45) is 10.8. The average molecular weight is 426 g/mol. The molecule has 5 rings (SSSR count). The number of aryl methyl sites for hydroxylation is 2. The highest BCUT2D eigenvalue weighted by atomic mass is 32.1. The molecule has 0 saturated carbocycles. The van der Waals surface area contributed by atoms with Gasteiger partial charge < -0.3 is 0 Å². The Labute approximate surface area is 186 Å². The number of hydrazone groups is 1. The third-order valence-electron chi connectivity index (χ3n) is 5.61. The molecule has 4 nitrogen and oxygen atoms in total. The van der Waals surface area contributed by atoms with Gasteiger partial charge in [0.2, 0.25) is 4.83 Å². The monoisotopic (exact) mass is 425 g/mol. The van der Waals surface area contributed by atoms with Gasteiger partial charge in [0, 0.05) is 16.0 Å². The molecule has 4 aromatic rings. The van der Waals surface area contributed by atoms with Crippen LogP contribution in [0.3, 0.4) is 0 Å². The van der Waals surface area contributed by atoms with Crippen molar-refractivity contribution in [3.05, 3.63) is 94.6 Å². The molecular formula is C26H25N4S+. The summed E-state index contributed by atoms with van der Waals surface area (Å²) in [5, 5.41) is 6.08. The highest BCUT2D eigenvalue weighted by Gasteiger charge is 2.25. The number of thiophene rings is 1. The highest BCUT2D eigenvalue weighted by Crippen LogP contribution is 2.37. The van der Waals surface area contributed by atoms with E-state index in [-0.39, 0.29) is 0 Å². The molecule has 31 heavy (non-hydrogen) atoms. The van der Waals surface area contributed by atoms with Crippen molar-refractivity contribution in [1.82, 2.24) is 4.98 Å². The topological polar surface area (TPSA) is 41.2 Å². The third kappa shape index (κ3) is 3.89. The van der Waals surface area contributed by atoms with Crippen LogP contribution in [-0.4, -0.2) is 10.7 Å². The molecule has 0 spiro atoms. The van der Waals surface area contributed by atoms with Crippen molar-refractivity contribution in [2.24, 2.45) is 5.10 Å². The minimum Gasteiger partial charge on any atom is -0.239 e. The summed E-state index contributed by atoms with van der Waals surface area (Å²) in [5.41, 5.74) is 7.83. The molecule has 1 N–H and O–H groups in total. The number of allylic oxidation sites excluding steroid dienone is 1. The van der Waals surface area contributed by atoms with Gasteiger partial charge in [-0.05, 0) is 49.2 Å². The number of aromatic nitrogens is 2. The molecule has 2 aromatic heterocycles.